The molecule has 2 rings (SSSR count). The van der Waals surface area contributed by atoms with Crippen LogP contribution < -0.4 is 0 Å². The normalized spacial score (nSPS) is 10.7. The van der Waals surface area contributed by atoms with Crippen molar-refractivity contribution < 1.29 is 14.3 Å². The number of hydrogen-bond acceptors (Lipinski definition) is 2. The van der Waals surface area contributed by atoms with Crippen LogP contribution in [0.25, 0.3) is 10.9 Å². The number of benzene rings is 1. The molecule has 1 aromatic carbocycles. The number of carboxylic acids is 1. The van der Waals surface area contributed by atoms with Crippen molar-refractivity contribution >= 4 is 32.8 Å². The second kappa shape index (κ2) is 3.83. The van der Waals surface area contributed by atoms with Gasteiger partial charge in [0.05, 0.1) is 5.52 Å². The molecule has 0 saturated carbocycles. The lowest BCUT2D eigenvalue weighted by atomic mass is 10.1. The van der Waals surface area contributed by atoms with Crippen LogP contribution in [0.15, 0.2) is 22.7 Å². The molecule has 0 atom stereocenters. The van der Waals surface area contributed by atoms with Gasteiger partial charge in [0.25, 0.3) is 0 Å². The van der Waals surface area contributed by atoms with E-state index in [9.17, 15) is 9.18 Å². The number of pyridine rings is 1. The highest BCUT2D eigenvalue weighted by atomic mass is 79.9. The van der Waals surface area contributed by atoms with Crippen molar-refractivity contribution in [3.8, 4) is 0 Å². The summed E-state index contributed by atoms with van der Waals surface area (Å²) in [7, 11) is 0. The molecular formula is C11H7BrFNO2. The van der Waals surface area contributed by atoms with Crippen LogP contribution in [0.4, 0.5) is 4.39 Å². The molecule has 0 amide bonds. The highest BCUT2D eigenvalue weighted by Crippen LogP contribution is 2.28. The molecule has 0 aliphatic heterocycles. The molecule has 2 aromatic rings. The van der Waals surface area contributed by atoms with E-state index < -0.39 is 5.97 Å². The van der Waals surface area contributed by atoms with Gasteiger partial charge in [0, 0.05) is 15.4 Å². The van der Waals surface area contributed by atoms with Crippen LogP contribution >= 0.6 is 15.9 Å². The van der Waals surface area contributed by atoms with E-state index in [0.717, 1.165) is 0 Å². The Morgan fingerprint density at radius 3 is 2.81 bits per heavy atom. The maximum atomic E-state index is 13.4. The zero-order valence-corrected chi connectivity index (χ0v) is 9.88. The zero-order valence-electron chi connectivity index (χ0n) is 8.29. The molecule has 82 valence electrons. The Bertz CT molecular complexity index is 598. The van der Waals surface area contributed by atoms with E-state index in [1.54, 1.807) is 13.0 Å². The Balaban J connectivity index is 2.82. The van der Waals surface area contributed by atoms with Crippen molar-refractivity contribution in [3.63, 3.8) is 0 Å². The van der Waals surface area contributed by atoms with Gasteiger partial charge in [0.2, 0.25) is 0 Å². The van der Waals surface area contributed by atoms with Crippen LogP contribution in [0.5, 0.6) is 0 Å². The summed E-state index contributed by atoms with van der Waals surface area (Å²) in [6.07, 6.45) is 0. The Morgan fingerprint density at radius 1 is 1.50 bits per heavy atom. The average Bonchev–Trinajstić information content (AvgIpc) is 2.25. The molecule has 5 heteroatoms. The third-order valence-electron chi connectivity index (χ3n) is 2.32. The predicted octanol–water partition coefficient (Wildman–Crippen LogP) is 3.14. The zero-order chi connectivity index (χ0) is 11.9. The van der Waals surface area contributed by atoms with Gasteiger partial charge in [-0.2, -0.15) is 0 Å². The Hall–Kier alpha value is -1.49. The van der Waals surface area contributed by atoms with E-state index in [1.165, 1.54) is 12.1 Å². The molecule has 1 N–H and O–H groups in total. The Morgan fingerprint density at radius 2 is 2.19 bits per heavy atom. The molecule has 0 fully saturated rings. The van der Waals surface area contributed by atoms with Gasteiger partial charge < -0.3 is 5.11 Å². The standard InChI is InChI=1S/C11H7BrFNO2/c1-5-7(13)4-6-2-3-8(11(15)16)14-10(6)9(5)12/h2-4H,1H3,(H,15,16). The highest BCUT2D eigenvalue weighted by Gasteiger charge is 2.12. The van der Waals surface area contributed by atoms with Crippen LogP contribution in [0.1, 0.15) is 16.1 Å². The van der Waals surface area contributed by atoms with E-state index in [-0.39, 0.29) is 11.5 Å². The van der Waals surface area contributed by atoms with E-state index in [2.05, 4.69) is 20.9 Å². The van der Waals surface area contributed by atoms with Crippen molar-refractivity contribution in [2.24, 2.45) is 0 Å². The van der Waals surface area contributed by atoms with Gasteiger partial charge in [-0.25, -0.2) is 14.2 Å². The van der Waals surface area contributed by atoms with E-state index in [1.807, 2.05) is 0 Å². The molecule has 0 bridgehead atoms. The summed E-state index contributed by atoms with van der Waals surface area (Å²) in [5.41, 5.74) is 0.820. The quantitative estimate of drug-likeness (QED) is 0.875. The van der Waals surface area contributed by atoms with E-state index in [0.29, 0.717) is 20.9 Å². The highest BCUT2D eigenvalue weighted by molar-refractivity contribution is 9.10. The fourth-order valence-electron chi connectivity index (χ4n) is 1.41. The van der Waals surface area contributed by atoms with Crippen LogP contribution in [-0.2, 0) is 0 Å². The lowest BCUT2D eigenvalue weighted by Gasteiger charge is -2.05. The number of halogens is 2. The number of rotatable bonds is 1. The molecule has 3 nitrogen and oxygen atoms in total. The molecule has 0 saturated heterocycles. The molecule has 0 aliphatic carbocycles. The largest absolute Gasteiger partial charge is 0.477 e. The first-order valence-electron chi connectivity index (χ1n) is 4.49. The molecule has 0 unspecified atom stereocenters. The maximum Gasteiger partial charge on any atom is 0.354 e. The Labute approximate surface area is 99.1 Å². The van der Waals surface area contributed by atoms with E-state index in [4.69, 9.17) is 5.11 Å². The molecule has 0 aliphatic rings. The summed E-state index contributed by atoms with van der Waals surface area (Å²) in [4.78, 5) is 14.7. The summed E-state index contributed by atoms with van der Waals surface area (Å²) in [6.45, 7) is 1.61. The van der Waals surface area contributed by atoms with Gasteiger partial charge in [-0.05, 0) is 35.0 Å². The third kappa shape index (κ3) is 1.67. The first kappa shape index (κ1) is 11.0. The number of carboxylic acid groups (broad SMARTS) is 1. The molecule has 16 heavy (non-hydrogen) atoms. The number of hydrogen-bond donors (Lipinski definition) is 1. The minimum absolute atomic E-state index is 0.0563. The van der Waals surface area contributed by atoms with Crippen LogP contribution in [0, 0.1) is 12.7 Å². The number of aromatic carboxylic acids is 1. The third-order valence-corrected chi connectivity index (χ3v) is 3.29. The molecule has 1 aromatic heterocycles. The number of aromatic nitrogens is 1. The lowest BCUT2D eigenvalue weighted by Crippen LogP contribution is -2.00. The van der Waals surface area contributed by atoms with Crippen molar-refractivity contribution in [2.75, 3.05) is 0 Å². The minimum Gasteiger partial charge on any atom is -0.477 e. The van der Waals surface area contributed by atoms with Crippen molar-refractivity contribution in [1.29, 1.82) is 0 Å². The van der Waals surface area contributed by atoms with Gasteiger partial charge in [0.1, 0.15) is 11.5 Å². The van der Waals surface area contributed by atoms with E-state index >= 15 is 0 Å². The topological polar surface area (TPSA) is 50.2 Å². The summed E-state index contributed by atoms with van der Waals surface area (Å²) < 4.78 is 13.9. The number of carbonyl (C=O) groups is 1. The van der Waals surface area contributed by atoms with Gasteiger partial charge in [-0.3, -0.25) is 0 Å². The van der Waals surface area contributed by atoms with Crippen molar-refractivity contribution in [3.05, 3.63) is 39.7 Å². The SMILES string of the molecule is Cc1c(F)cc2ccc(C(=O)O)nc2c1Br. The summed E-state index contributed by atoms with van der Waals surface area (Å²) >= 11 is 3.22. The maximum absolute atomic E-state index is 13.4. The van der Waals surface area contributed by atoms with Gasteiger partial charge in [-0.1, -0.05) is 6.07 Å². The van der Waals surface area contributed by atoms with Gasteiger partial charge in [0.15, 0.2) is 0 Å². The van der Waals surface area contributed by atoms with Crippen LogP contribution in [0.2, 0.25) is 0 Å². The monoisotopic (exact) mass is 283 g/mol. The summed E-state index contributed by atoms with van der Waals surface area (Å²) in [5.74, 6) is -1.44. The smallest absolute Gasteiger partial charge is 0.354 e. The molecule has 0 spiro atoms. The van der Waals surface area contributed by atoms with Gasteiger partial charge >= 0.3 is 5.97 Å². The molecule has 0 radical (unpaired) electrons. The second-order valence-electron chi connectivity index (χ2n) is 3.37. The van der Waals surface area contributed by atoms with Crippen LogP contribution in [-0.4, -0.2) is 16.1 Å². The average molecular weight is 284 g/mol. The summed E-state index contributed by atoms with van der Waals surface area (Å²) in [5, 5.41) is 9.38. The van der Waals surface area contributed by atoms with Crippen molar-refractivity contribution in [1.82, 2.24) is 4.98 Å². The van der Waals surface area contributed by atoms with Crippen LogP contribution in [0.3, 0.4) is 0 Å². The molecular weight excluding hydrogens is 277 g/mol. The van der Waals surface area contributed by atoms with Gasteiger partial charge in [-0.15, -0.1) is 0 Å². The summed E-state index contributed by atoms with van der Waals surface area (Å²) in [6, 6.07) is 4.24. The molecule has 1 heterocycles. The first-order valence-corrected chi connectivity index (χ1v) is 5.28. The Kier molecular flexibility index (Phi) is 2.63. The predicted molar refractivity (Wildman–Crippen MR) is 61.1 cm³/mol. The second-order valence-corrected chi connectivity index (χ2v) is 4.16. The lowest BCUT2D eigenvalue weighted by molar-refractivity contribution is 0.0691. The fourth-order valence-corrected chi connectivity index (χ4v) is 1.92. The number of fused-ring (bicyclic) bond motifs is 1. The number of nitrogens with zero attached hydrogens (tertiary/aromatic N) is 1. The minimum atomic E-state index is -1.10. The first-order chi connectivity index (χ1) is 7.50. The van der Waals surface area contributed by atoms with Crippen molar-refractivity contribution in [2.45, 2.75) is 6.92 Å². The fraction of sp³-hybridized carbons (Fsp3) is 0.0909.